The second-order valence-electron chi connectivity index (χ2n) is 6.15. The standard InChI is InChI=1S/C18H16ClF3N6O2/c1-3-28-9-11(13(26-28)16(29)23-10-7-5-4-6-8-10)24-17(30)14-12(19)15(18(20,21)22)27(2)25-14/h4-9H,3H2,1-2H3,(H,23,29)(H,24,30). The third-order valence-electron chi connectivity index (χ3n) is 4.05. The van der Waals surface area contributed by atoms with E-state index in [9.17, 15) is 22.8 Å². The van der Waals surface area contributed by atoms with Crippen LogP contribution < -0.4 is 10.6 Å². The van der Waals surface area contributed by atoms with Crippen molar-refractivity contribution in [1.29, 1.82) is 0 Å². The fourth-order valence-corrected chi connectivity index (χ4v) is 3.04. The molecule has 1 aromatic carbocycles. The number of alkyl halides is 3. The Balaban J connectivity index is 1.89. The minimum absolute atomic E-state index is 0.00515. The normalized spacial score (nSPS) is 11.4. The number of aryl methyl sites for hydroxylation is 2. The van der Waals surface area contributed by atoms with E-state index in [1.54, 1.807) is 37.3 Å². The molecular weight excluding hydrogens is 425 g/mol. The van der Waals surface area contributed by atoms with Gasteiger partial charge in [0.2, 0.25) is 0 Å². The number of nitrogens with one attached hydrogen (secondary N) is 2. The Hall–Kier alpha value is -3.34. The molecule has 0 saturated carbocycles. The molecule has 0 bridgehead atoms. The molecule has 30 heavy (non-hydrogen) atoms. The van der Waals surface area contributed by atoms with Crippen molar-refractivity contribution >= 4 is 34.8 Å². The second-order valence-corrected chi connectivity index (χ2v) is 6.53. The van der Waals surface area contributed by atoms with Crippen LogP contribution in [0.1, 0.15) is 33.6 Å². The number of amides is 2. The molecule has 8 nitrogen and oxygen atoms in total. The first-order chi connectivity index (χ1) is 14.1. The molecule has 0 fully saturated rings. The van der Waals surface area contributed by atoms with Crippen LogP contribution >= 0.6 is 11.6 Å². The number of nitrogens with zero attached hydrogens (tertiary/aromatic N) is 4. The minimum Gasteiger partial charge on any atom is -0.321 e. The maximum Gasteiger partial charge on any atom is 0.434 e. The van der Waals surface area contributed by atoms with E-state index >= 15 is 0 Å². The molecule has 2 amide bonds. The molecule has 0 atom stereocenters. The summed E-state index contributed by atoms with van der Waals surface area (Å²) in [5.41, 5.74) is -1.47. The van der Waals surface area contributed by atoms with Crippen molar-refractivity contribution in [1.82, 2.24) is 19.6 Å². The van der Waals surface area contributed by atoms with Gasteiger partial charge in [-0.1, -0.05) is 29.8 Å². The number of halogens is 4. The predicted octanol–water partition coefficient (Wildman–Crippen LogP) is 3.81. The number of hydrogen-bond donors (Lipinski definition) is 2. The van der Waals surface area contributed by atoms with Gasteiger partial charge in [-0.3, -0.25) is 19.0 Å². The van der Waals surface area contributed by atoms with Crippen molar-refractivity contribution in [3.05, 3.63) is 58.6 Å². The molecule has 0 aliphatic carbocycles. The van der Waals surface area contributed by atoms with Gasteiger partial charge in [-0.05, 0) is 19.1 Å². The Morgan fingerprint density at radius 3 is 2.27 bits per heavy atom. The van der Waals surface area contributed by atoms with Gasteiger partial charge in [0, 0.05) is 25.5 Å². The van der Waals surface area contributed by atoms with Crippen molar-refractivity contribution in [2.75, 3.05) is 10.6 Å². The Labute approximate surface area is 173 Å². The third-order valence-corrected chi connectivity index (χ3v) is 4.41. The summed E-state index contributed by atoms with van der Waals surface area (Å²) in [6, 6.07) is 8.56. The van der Waals surface area contributed by atoms with Crippen molar-refractivity contribution < 1.29 is 22.8 Å². The Bertz CT molecular complexity index is 1090. The highest BCUT2D eigenvalue weighted by Gasteiger charge is 2.40. The summed E-state index contributed by atoms with van der Waals surface area (Å²) in [7, 11) is 1.03. The predicted molar refractivity (Wildman–Crippen MR) is 103 cm³/mol. The van der Waals surface area contributed by atoms with Crippen LogP contribution in [-0.4, -0.2) is 31.4 Å². The second kappa shape index (κ2) is 8.19. The quantitative estimate of drug-likeness (QED) is 0.630. The number of carbonyl (C=O) groups is 2. The van der Waals surface area contributed by atoms with E-state index in [1.165, 1.54) is 10.9 Å². The molecule has 0 spiro atoms. The topological polar surface area (TPSA) is 93.8 Å². The molecule has 3 aromatic rings. The minimum atomic E-state index is -4.79. The molecule has 0 aliphatic heterocycles. The Kier molecular flexibility index (Phi) is 5.83. The van der Waals surface area contributed by atoms with Gasteiger partial charge < -0.3 is 10.6 Å². The Morgan fingerprint density at radius 2 is 1.70 bits per heavy atom. The van der Waals surface area contributed by atoms with E-state index in [-0.39, 0.29) is 11.4 Å². The molecule has 3 rings (SSSR count). The maximum atomic E-state index is 13.1. The molecule has 158 valence electrons. The summed E-state index contributed by atoms with van der Waals surface area (Å²) in [6.07, 6.45) is -3.40. The van der Waals surface area contributed by atoms with Crippen LogP contribution in [0, 0.1) is 0 Å². The number of carbonyl (C=O) groups excluding carboxylic acids is 2. The molecule has 0 saturated heterocycles. The van der Waals surface area contributed by atoms with Crippen LogP contribution in [0.5, 0.6) is 0 Å². The van der Waals surface area contributed by atoms with E-state index < -0.39 is 34.4 Å². The first kappa shape index (κ1) is 21.4. The van der Waals surface area contributed by atoms with Gasteiger partial charge >= 0.3 is 6.18 Å². The lowest BCUT2D eigenvalue weighted by Crippen LogP contribution is -2.18. The molecule has 2 N–H and O–H groups in total. The number of aromatic nitrogens is 4. The molecule has 0 aliphatic rings. The van der Waals surface area contributed by atoms with E-state index in [2.05, 4.69) is 20.8 Å². The van der Waals surface area contributed by atoms with Crippen LogP contribution in [0.4, 0.5) is 24.5 Å². The fourth-order valence-electron chi connectivity index (χ4n) is 2.69. The number of hydrogen-bond acceptors (Lipinski definition) is 4. The monoisotopic (exact) mass is 440 g/mol. The van der Waals surface area contributed by atoms with Gasteiger partial charge in [0.25, 0.3) is 11.8 Å². The zero-order chi connectivity index (χ0) is 22.1. The number of rotatable bonds is 5. The van der Waals surface area contributed by atoms with Gasteiger partial charge in [-0.15, -0.1) is 0 Å². The number of benzene rings is 1. The lowest BCUT2D eigenvalue weighted by molar-refractivity contribution is -0.143. The summed E-state index contributed by atoms with van der Waals surface area (Å²) >= 11 is 5.75. The highest BCUT2D eigenvalue weighted by molar-refractivity contribution is 6.35. The zero-order valence-electron chi connectivity index (χ0n) is 15.8. The van der Waals surface area contributed by atoms with Gasteiger partial charge in [0.15, 0.2) is 17.1 Å². The summed E-state index contributed by atoms with van der Waals surface area (Å²) in [5, 5.41) is 11.8. The molecule has 0 radical (unpaired) electrons. The summed E-state index contributed by atoms with van der Waals surface area (Å²) < 4.78 is 41.2. The Morgan fingerprint density at radius 1 is 1.07 bits per heavy atom. The lowest BCUT2D eigenvalue weighted by Gasteiger charge is -2.06. The van der Waals surface area contributed by atoms with Crippen LogP contribution in [0.2, 0.25) is 5.02 Å². The van der Waals surface area contributed by atoms with Crippen molar-refractivity contribution in [3.63, 3.8) is 0 Å². The van der Waals surface area contributed by atoms with Gasteiger partial charge in [0.1, 0.15) is 5.02 Å². The van der Waals surface area contributed by atoms with Crippen molar-refractivity contribution in [3.8, 4) is 0 Å². The first-order valence-corrected chi connectivity index (χ1v) is 9.04. The van der Waals surface area contributed by atoms with E-state index in [0.717, 1.165) is 7.05 Å². The summed E-state index contributed by atoms with van der Waals surface area (Å²) in [4.78, 5) is 25.2. The van der Waals surface area contributed by atoms with Gasteiger partial charge in [-0.25, -0.2) is 0 Å². The number of anilines is 2. The lowest BCUT2D eigenvalue weighted by atomic mass is 10.2. The van der Waals surface area contributed by atoms with Crippen molar-refractivity contribution in [2.45, 2.75) is 19.6 Å². The first-order valence-electron chi connectivity index (χ1n) is 8.66. The molecule has 2 heterocycles. The van der Waals surface area contributed by atoms with Crippen LogP contribution in [0.15, 0.2) is 36.5 Å². The van der Waals surface area contributed by atoms with E-state index in [0.29, 0.717) is 16.9 Å². The summed E-state index contributed by atoms with van der Waals surface area (Å²) in [5.74, 6) is -1.61. The van der Waals surface area contributed by atoms with Crippen molar-refractivity contribution in [2.24, 2.45) is 7.05 Å². The molecule has 0 unspecified atom stereocenters. The fraction of sp³-hybridized carbons (Fsp3) is 0.222. The largest absolute Gasteiger partial charge is 0.434 e. The third kappa shape index (κ3) is 4.30. The van der Waals surface area contributed by atoms with Gasteiger partial charge in [-0.2, -0.15) is 23.4 Å². The molecule has 12 heteroatoms. The van der Waals surface area contributed by atoms with Gasteiger partial charge in [0.05, 0.1) is 5.69 Å². The average Bonchev–Trinajstić information content (AvgIpc) is 3.22. The zero-order valence-corrected chi connectivity index (χ0v) is 16.5. The number of para-hydroxylation sites is 1. The molecule has 2 aromatic heterocycles. The SMILES string of the molecule is CCn1cc(NC(=O)c2nn(C)c(C(F)(F)F)c2Cl)c(C(=O)Nc2ccccc2)n1. The highest BCUT2D eigenvalue weighted by Crippen LogP contribution is 2.36. The summed E-state index contributed by atoms with van der Waals surface area (Å²) in [6.45, 7) is 2.16. The van der Waals surface area contributed by atoms with E-state index in [4.69, 9.17) is 11.6 Å². The van der Waals surface area contributed by atoms with Crippen LogP contribution in [0.25, 0.3) is 0 Å². The highest BCUT2D eigenvalue weighted by atomic mass is 35.5. The smallest absolute Gasteiger partial charge is 0.321 e. The van der Waals surface area contributed by atoms with Crippen LogP contribution in [-0.2, 0) is 19.8 Å². The average molecular weight is 441 g/mol. The van der Waals surface area contributed by atoms with Crippen LogP contribution in [0.3, 0.4) is 0 Å². The van der Waals surface area contributed by atoms with E-state index in [1.807, 2.05) is 0 Å². The maximum absolute atomic E-state index is 13.1. The molecular formula is C18H16ClF3N6O2.